The number of amides is 1. The van der Waals surface area contributed by atoms with Gasteiger partial charge in [-0.05, 0) is 51.9 Å². The highest BCUT2D eigenvalue weighted by Crippen LogP contribution is 2.35. The number of hydrogen-bond donors (Lipinski definition) is 1. The van der Waals surface area contributed by atoms with Crippen molar-refractivity contribution in [1.29, 1.82) is 0 Å². The van der Waals surface area contributed by atoms with E-state index in [-0.39, 0.29) is 5.54 Å². The lowest BCUT2D eigenvalue weighted by Gasteiger charge is -2.25. The van der Waals surface area contributed by atoms with Crippen LogP contribution in [0.5, 0.6) is 0 Å². The van der Waals surface area contributed by atoms with E-state index in [0.29, 0.717) is 18.4 Å². The van der Waals surface area contributed by atoms with Crippen molar-refractivity contribution in [1.82, 2.24) is 4.90 Å². The SMILES string of the molecule is CC(C)(N)CCC(=O)N(CC1CC1)C1CC1. The predicted octanol–water partition coefficient (Wildman–Crippen LogP) is 1.90. The fourth-order valence-corrected chi connectivity index (χ4v) is 1.99. The highest BCUT2D eigenvalue weighted by atomic mass is 16.2. The van der Waals surface area contributed by atoms with Crippen molar-refractivity contribution in [2.75, 3.05) is 6.54 Å². The second kappa shape index (κ2) is 4.36. The first kappa shape index (κ1) is 11.9. The number of carbonyl (C=O) groups excluding carboxylic acids is 1. The van der Waals surface area contributed by atoms with Gasteiger partial charge in [0.1, 0.15) is 0 Å². The second-order valence-corrected chi connectivity index (χ2v) is 6.21. The molecule has 2 aliphatic carbocycles. The van der Waals surface area contributed by atoms with Gasteiger partial charge in [-0.1, -0.05) is 0 Å². The van der Waals surface area contributed by atoms with Gasteiger partial charge in [0.05, 0.1) is 0 Å². The summed E-state index contributed by atoms with van der Waals surface area (Å²) in [5.74, 6) is 1.13. The molecule has 0 unspecified atom stereocenters. The number of nitrogens with two attached hydrogens (primary N) is 1. The molecular weight excluding hydrogens is 200 g/mol. The van der Waals surface area contributed by atoms with Crippen molar-refractivity contribution in [3.05, 3.63) is 0 Å². The largest absolute Gasteiger partial charge is 0.339 e. The molecule has 1 amide bonds. The minimum absolute atomic E-state index is 0.218. The summed E-state index contributed by atoms with van der Waals surface area (Å²) in [4.78, 5) is 14.2. The van der Waals surface area contributed by atoms with Crippen LogP contribution in [0.4, 0.5) is 0 Å². The third-order valence-electron chi connectivity index (χ3n) is 3.44. The molecule has 92 valence electrons. The molecular formula is C13H24N2O. The summed E-state index contributed by atoms with van der Waals surface area (Å²) in [6.07, 6.45) is 6.47. The average Bonchev–Trinajstić information content (AvgIpc) is 2.97. The van der Waals surface area contributed by atoms with Crippen LogP contribution in [0.15, 0.2) is 0 Å². The van der Waals surface area contributed by atoms with Gasteiger partial charge in [-0.25, -0.2) is 0 Å². The maximum absolute atomic E-state index is 12.1. The first-order valence-electron chi connectivity index (χ1n) is 6.54. The van der Waals surface area contributed by atoms with Gasteiger partial charge in [-0.2, -0.15) is 0 Å². The molecule has 0 saturated heterocycles. The maximum Gasteiger partial charge on any atom is 0.222 e. The molecule has 2 fully saturated rings. The average molecular weight is 224 g/mol. The smallest absolute Gasteiger partial charge is 0.222 e. The standard InChI is InChI=1S/C13H24N2O/c1-13(2,14)8-7-12(16)15(11-5-6-11)9-10-3-4-10/h10-11H,3-9,14H2,1-2H3. The van der Waals surface area contributed by atoms with Gasteiger partial charge in [-0.3, -0.25) is 4.79 Å². The van der Waals surface area contributed by atoms with E-state index in [4.69, 9.17) is 5.73 Å². The summed E-state index contributed by atoms with van der Waals surface area (Å²) in [5.41, 5.74) is 5.70. The van der Waals surface area contributed by atoms with Gasteiger partial charge in [0, 0.05) is 24.5 Å². The van der Waals surface area contributed by atoms with Crippen molar-refractivity contribution in [3.63, 3.8) is 0 Å². The Bertz CT molecular complexity index is 262. The molecule has 2 aliphatic rings. The Hall–Kier alpha value is -0.570. The van der Waals surface area contributed by atoms with Crippen molar-refractivity contribution in [2.45, 2.75) is 64.0 Å². The van der Waals surface area contributed by atoms with E-state index in [9.17, 15) is 4.79 Å². The molecule has 0 aromatic heterocycles. The van der Waals surface area contributed by atoms with Crippen LogP contribution in [0, 0.1) is 5.92 Å². The topological polar surface area (TPSA) is 46.3 Å². The van der Waals surface area contributed by atoms with Gasteiger partial charge in [0.2, 0.25) is 5.91 Å². The summed E-state index contributed by atoms with van der Waals surface area (Å²) in [5, 5.41) is 0. The fraction of sp³-hybridized carbons (Fsp3) is 0.923. The normalized spacial score (nSPS) is 20.9. The molecule has 3 heteroatoms. The lowest BCUT2D eigenvalue weighted by Crippen LogP contribution is -2.38. The van der Waals surface area contributed by atoms with Gasteiger partial charge >= 0.3 is 0 Å². The summed E-state index contributed by atoms with van der Waals surface area (Å²) >= 11 is 0. The Labute approximate surface area is 98.4 Å². The van der Waals surface area contributed by atoms with E-state index in [0.717, 1.165) is 18.9 Å². The number of carbonyl (C=O) groups is 1. The second-order valence-electron chi connectivity index (χ2n) is 6.21. The van der Waals surface area contributed by atoms with Crippen LogP contribution in [0.25, 0.3) is 0 Å². The summed E-state index contributed by atoms with van der Waals surface area (Å²) in [7, 11) is 0. The van der Waals surface area contributed by atoms with Gasteiger partial charge < -0.3 is 10.6 Å². The monoisotopic (exact) mass is 224 g/mol. The van der Waals surface area contributed by atoms with E-state index in [1.165, 1.54) is 25.7 Å². The third-order valence-corrected chi connectivity index (χ3v) is 3.44. The zero-order valence-corrected chi connectivity index (χ0v) is 10.5. The Morgan fingerprint density at radius 3 is 2.38 bits per heavy atom. The molecule has 0 bridgehead atoms. The highest BCUT2D eigenvalue weighted by molar-refractivity contribution is 5.77. The Balaban J connectivity index is 1.79. The molecule has 2 rings (SSSR count). The van der Waals surface area contributed by atoms with E-state index in [1.54, 1.807) is 0 Å². The molecule has 3 nitrogen and oxygen atoms in total. The van der Waals surface area contributed by atoms with Crippen LogP contribution in [-0.2, 0) is 4.79 Å². The molecule has 16 heavy (non-hydrogen) atoms. The lowest BCUT2D eigenvalue weighted by atomic mass is 9.99. The van der Waals surface area contributed by atoms with Crippen LogP contribution in [0.3, 0.4) is 0 Å². The van der Waals surface area contributed by atoms with Crippen molar-refractivity contribution in [3.8, 4) is 0 Å². The zero-order valence-electron chi connectivity index (χ0n) is 10.5. The van der Waals surface area contributed by atoms with Crippen molar-refractivity contribution >= 4 is 5.91 Å². The van der Waals surface area contributed by atoms with E-state index in [2.05, 4.69) is 4.90 Å². The molecule has 0 heterocycles. The van der Waals surface area contributed by atoms with Crippen molar-refractivity contribution < 1.29 is 4.79 Å². The van der Waals surface area contributed by atoms with Crippen LogP contribution in [-0.4, -0.2) is 28.9 Å². The van der Waals surface area contributed by atoms with Gasteiger partial charge in [0.15, 0.2) is 0 Å². The summed E-state index contributed by atoms with van der Waals surface area (Å²) in [6.45, 7) is 4.99. The van der Waals surface area contributed by atoms with Crippen molar-refractivity contribution in [2.24, 2.45) is 11.7 Å². The van der Waals surface area contributed by atoms with Crippen LogP contribution < -0.4 is 5.73 Å². The molecule has 0 atom stereocenters. The predicted molar refractivity (Wildman–Crippen MR) is 65.0 cm³/mol. The molecule has 0 radical (unpaired) electrons. The Kier molecular flexibility index (Phi) is 3.24. The first-order chi connectivity index (χ1) is 7.46. The number of hydrogen-bond acceptors (Lipinski definition) is 2. The summed E-state index contributed by atoms with van der Waals surface area (Å²) in [6, 6.07) is 0.564. The van der Waals surface area contributed by atoms with E-state index >= 15 is 0 Å². The molecule has 0 aromatic carbocycles. The highest BCUT2D eigenvalue weighted by Gasteiger charge is 2.36. The number of rotatable bonds is 6. The van der Waals surface area contributed by atoms with E-state index < -0.39 is 0 Å². The maximum atomic E-state index is 12.1. The van der Waals surface area contributed by atoms with Gasteiger partial charge in [-0.15, -0.1) is 0 Å². The lowest BCUT2D eigenvalue weighted by molar-refractivity contribution is -0.132. The fourth-order valence-electron chi connectivity index (χ4n) is 1.99. The molecule has 0 aliphatic heterocycles. The minimum Gasteiger partial charge on any atom is -0.339 e. The van der Waals surface area contributed by atoms with Gasteiger partial charge in [0.25, 0.3) is 0 Å². The van der Waals surface area contributed by atoms with Crippen LogP contribution >= 0.6 is 0 Å². The minimum atomic E-state index is -0.218. The van der Waals surface area contributed by atoms with Crippen LogP contribution in [0.1, 0.15) is 52.4 Å². The zero-order chi connectivity index (χ0) is 11.8. The molecule has 2 N–H and O–H groups in total. The Morgan fingerprint density at radius 1 is 1.31 bits per heavy atom. The Morgan fingerprint density at radius 2 is 1.94 bits per heavy atom. The molecule has 0 spiro atoms. The molecule has 2 saturated carbocycles. The van der Waals surface area contributed by atoms with E-state index in [1.807, 2.05) is 13.8 Å². The summed E-state index contributed by atoms with van der Waals surface area (Å²) < 4.78 is 0. The molecule has 0 aromatic rings. The third kappa shape index (κ3) is 3.78. The van der Waals surface area contributed by atoms with Crippen LogP contribution in [0.2, 0.25) is 0 Å². The first-order valence-corrected chi connectivity index (χ1v) is 6.54. The quantitative estimate of drug-likeness (QED) is 0.749. The number of nitrogens with zero attached hydrogens (tertiary/aromatic N) is 1.